The minimum Gasteiger partial charge on any atom is -0.480 e. The number of hydrogen-bond acceptors (Lipinski definition) is 8. The lowest BCUT2D eigenvalue weighted by atomic mass is 9.96. The van der Waals surface area contributed by atoms with Crippen molar-refractivity contribution < 1.29 is 19.1 Å². The van der Waals surface area contributed by atoms with Crippen molar-refractivity contribution in [2.24, 2.45) is 5.92 Å². The molecule has 1 aromatic rings. The van der Waals surface area contributed by atoms with Gasteiger partial charge in [0.1, 0.15) is 6.10 Å². The summed E-state index contributed by atoms with van der Waals surface area (Å²) in [6, 6.07) is 0.334. The van der Waals surface area contributed by atoms with Gasteiger partial charge in [0.2, 0.25) is 11.8 Å². The average Bonchev–Trinajstić information content (AvgIpc) is 3.37. The van der Waals surface area contributed by atoms with Gasteiger partial charge in [-0.3, -0.25) is 15.2 Å². The predicted octanol–water partition coefficient (Wildman–Crippen LogP) is 1.03. The molecule has 0 aromatic carbocycles. The maximum Gasteiger partial charge on any atom is 0.407 e. The number of nitrogens with one attached hydrogen (secondary N) is 4. The maximum atomic E-state index is 12.3. The monoisotopic (exact) mass is 420 g/mol. The summed E-state index contributed by atoms with van der Waals surface area (Å²) in [4.78, 5) is 32.5. The molecule has 2 amide bonds. The first kappa shape index (κ1) is 22.2. The molecule has 2 unspecified atom stereocenters. The molecule has 30 heavy (non-hydrogen) atoms. The van der Waals surface area contributed by atoms with E-state index in [9.17, 15) is 9.59 Å². The smallest absolute Gasteiger partial charge is 0.407 e. The number of amides is 2. The fraction of sp³-hybridized carbons (Fsp3) is 0.700. The number of ether oxygens (including phenoxy) is 2. The van der Waals surface area contributed by atoms with Gasteiger partial charge in [-0.05, 0) is 44.9 Å². The number of methoxy groups -OCH3 is 1. The van der Waals surface area contributed by atoms with Crippen molar-refractivity contribution in [2.75, 3.05) is 7.11 Å². The molecule has 1 aliphatic heterocycles. The standard InChI is InChI=1S/C20H32N6O4/c1-4-12(2)22-20(28)30-15-6-5-13(7-15)16-9-17(26-25-16)24-18(27)8-14-10-21-11-19(23-14)29-3/h10-13,15-17,25-26H,4-9H2,1-3H3,(H,22,28)(H,24,27)/t12-,13-,15+,16?,17?/m0/s1. The number of hydrazine groups is 1. The molecular weight excluding hydrogens is 388 g/mol. The van der Waals surface area contributed by atoms with E-state index in [1.807, 2.05) is 13.8 Å². The zero-order valence-corrected chi connectivity index (χ0v) is 17.8. The number of nitrogens with zero attached hydrogens (tertiary/aromatic N) is 2. The Morgan fingerprint density at radius 2 is 2.10 bits per heavy atom. The van der Waals surface area contributed by atoms with Gasteiger partial charge in [0, 0.05) is 18.3 Å². The van der Waals surface area contributed by atoms with Crippen LogP contribution in [0.3, 0.4) is 0 Å². The Bertz CT molecular complexity index is 733. The van der Waals surface area contributed by atoms with Crippen LogP contribution >= 0.6 is 0 Å². The Kier molecular flexibility index (Phi) is 7.81. The third kappa shape index (κ3) is 6.27. The van der Waals surface area contributed by atoms with E-state index in [1.165, 1.54) is 13.3 Å². The first-order chi connectivity index (χ1) is 14.5. The largest absolute Gasteiger partial charge is 0.480 e. The van der Waals surface area contributed by atoms with Gasteiger partial charge in [0.15, 0.2) is 0 Å². The molecule has 2 heterocycles. The highest BCUT2D eigenvalue weighted by molar-refractivity contribution is 5.78. The summed E-state index contributed by atoms with van der Waals surface area (Å²) in [5.41, 5.74) is 6.99. The molecule has 3 rings (SSSR count). The minimum absolute atomic E-state index is 0.0545. The number of alkyl carbamates (subject to hydrolysis) is 1. The van der Waals surface area contributed by atoms with Gasteiger partial charge < -0.3 is 20.1 Å². The van der Waals surface area contributed by atoms with Crippen LogP contribution < -0.4 is 26.2 Å². The van der Waals surface area contributed by atoms with Crippen LogP contribution in [0.15, 0.2) is 12.4 Å². The third-order valence-electron chi connectivity index (χ3n) is 5.73. The summed E-state index contributed by atoms with van der Waals surface area (Å²) < 4.78 is 10.6. The van der Waals surface area contributed by atoms with Crippen LogP contribution in [0.4, 0.5) is 4.79 Å². The summed E-state index contributed by atoms with van der Waals surface area (Å²) >= 11 is 0. The molecule has 4 N–H and O–H groups in total. The second-order valence-corrected chi connectivity index (χ2v) is 8.03. The van der Waals surface area contributed by atoms with E-state index < -0.39 is 0 Å². The first-order valence-electron chi connectivity index (χ1n) is 10.6. The molecule has 1 saturated carbocycles. The molecule has 0 bridgehead atoms. The van der Waals surface area contributed by atoms with Crippen molar-refractivity contribution in [2.45, 2.75) is 76.7 Å². The molecule has 166 valence electrons. The molecule has 1 aromatic heterocycles. The van der Waals surface area contributed by atoms with E-state index in [-0.39, 0.29) is 42.8 Å². The van der Waals surface area contributed by atoms with Gasteiger partial charge in [-0.15, -0.1) is 0 Å². The summed E-state index contributed by atoms with van der Waals surface area (Å²) in [7, 11) is 1.51. The topological polar surface area (TPSA) is 127 Å². The van der Waals surface area contributed by atoms with Crippen LogP contribution in [0.2, 0.25) is 0 Å². The Balaban J connectivity index is 1.40. The van der Waals surface area contributed by atoms with Crippen LogP contribution in [0.25, 0.3) is 0 Å². The van der Waals surface area contributed by atoms with Gasteiger partial charge in [-0.25, -0.2) is 15.2 Å². The van der Waals surface area contributed by atoms with Crippen molar-refractivity contribution in [3.63, 3.8) is 0 Å². The number of carbonyl (C=O) groups excluding carboxylic acids is 2. The van der Waals surface area contributed by atoms with Crippen molar-refractivity contribution in [1.29, 1.82) is 0 Å². The lowest BCUT2D eigenvalue weighted by Gasteiger charge is -2.19. The Hall–Kier alpha value is -2.46. The van der Waals surface area contributed by atoms with Crippen LogP contribution in [-0.2, 0) is 16.0 Å². The van der Waals surface area contributed by atoms with E-state index in [1.54, 1.807) is 6.20 Å². The van der Waals surface area contributed by atoms with Crippen LogP contribution in [-0.4, -0.2) is 53.4 Å². The summed E-state index contributed by atoms with van der Waals surface area (Å²) in [5.74, 6) is 0.647. The molecule has 0 spiro atoms. The van der Waals surface area contributed by atoms with Gasteiger partial charge in [-0.2, -0.15) is 0 Å². The van der Waals surface area contributed by atoms with Crippen molar-refractivity contribution in [1.82, 2.24) is 31.5 Å². The van der Waals surface area contributed by atoms with Crippen molar-refractivity contribution in [3.05, 3.63) is 18.1 Å². The quantitative estimate of drug-likeness (QED) is 0.491. The minimum atomic E-state index is -0.335. The molecule has 1 saturated heterocycles. The molecule has 10 heteroatoms. The van der Waals surface area contributed by atoms with E-state index in [4.69, 9.17) is 9.47 Å². The highest BCUT2D eigenvalue weighted by Crippen LogP contribution is 2.32. The Morgan fingerprint density at radius 1 is 1.27 bits per heavy atom. The second kappa shape index (κ2) is 10.5. The average molecular weight is 421 g/mol. The molecule has 5 atom stereocenters. The van der Waals surface area contributed by atoms with Crippen molar-refractivity contribution in [3.8, 4) is 5.88 Å². The van der Waals surface area contributed by atoms with Crippen LogP contribution in [0.1, 0.15) is 51.6 Å². The fourth-order valence-corrected chi connectivity index (χ4v) is 3.90. The molecule has 1 aliphatic carbocycles. The Labute approximate surface area is 176 Å². The van der Waals surface area contributed by atoms with Gasteiger partial charge >= 0.3 is 6.09 Å². The third-order valence-corrected chi connectivity index (χ3v) is 5.73. The predicted molar refractivity (Wildman–Crippen MR) is 109 cm³/mol. The normalized spacial score (nSPS) is 26.8. The number of aromatic nitrogens is 2. The summed E-state index contributed by atoms with van der Waals surface area (Å²) in [6.07, 6.45) is 6.97. The molecular formula is C20H32N6O4. The number of rotatable bonds is 8. The molecule has 2 aliphatic rings. The zero-order valence-electron chi connectivity index (χ0n) is 17.8. The molecule has 10 nitrogen and oxygen atoms in total. The summed E-state index contributed by atoms with van der Waals surface area (Å²) in [5, 5.41) is 5.82. The maximum absolute atomic E-state index is 12.3. The van der Waals surface area contributed by atoms with Crippen molar-refractivity contribution >= 4 is 12.0 Å². The highest BCUT2D eigenvalue weighted by Gasteiger charge is 2.37. The van der Waals surface area contributed by atoms with E-state index in [0.29, 0.717) is 17.5 Å². The summed E-state index contributed by atoms with van der Waals surface area (Å²) in [6.45, 7) is 3.98. The highest BCUT2D eigenvalue weighted by atomic mass is 16.6. The van der Waals surface area contributed by atoms with Crippen LogP contribution in [0, 0.1) is 5.92 Å². The molecule has 0 radical (unpaired) electrons. The van der Waals surface area contributed by atoms with Gasteiger partial charge in [0.05, 0.1) is 31.6 Å². The molecule has 2 fully saturated rings. The van der Waals surface area contributed by atoms with E-state index in [0.717, 1.165) is 32.1 Å². The number of hydrogen-bond donors (Lipinski definition) is 4. The number of carbonyl (C=O) groups is 2. The zero-order chi connectivity index (χ0) is 21.5. The lowest BCUT2D eigenvalue weighted by Crippen LogP contribution is -2.45. The van der Waals surface area contributed by atoms with E-state index >= 15 is 0 Å². The lowest BCUT2D eigenvalue weighted by molar-refractivity contribution is -0.121. The van der Waals surface area contributed by atoms with Gasteiger partial charge in [-0.1, -0.05) is 6.92 Å². The van der Waals surface area contributed by atoms with Crippen LogP contribution in [0.5, 0.6) is 5.88 Å². The SMILES string of the molecule is CC[C@H](C)NC(=O)O[C@@H]1CC[C@H](C2CC(NC(=O)Cc3cncc(OC)n3)NN2)C1. The second-order valence-electron chi connectivity index (χ2n) is 8.03. The first-order valence-corrected chi connectivity index (χ1v) is 10.6. The van der Waals surface area contributed by atoms with Gasteiger partial charge in [0.25, 0.3) is 0 Å². The Morgan fingerprint density at radius 3 is 2.87 bits per heavy atom. The van der Waals surface area contributed by atoms with E-state index in [2.05, 4.69) is 31.5 Å². The fourth-order valence-electron chi connectivity index (χ4n) is 3.90.